The number of carbonyl (C=O) groups excluding carboxylic acids is 3. The Balaban J connectivity index is 2.95. The quantitative estimate of drug-likeness (QED) is 0.205. The molecule has 1 rings (SSSR count). The molecule has 154 valence electrons. The Hall–Kier alpha value is -2.36. The van der Waals surface area contributed by atoms with Crippen LogP contribution in [0.4, 0.5) is 10.5 Å². The van der Waals surface area contributed by atoms with E-state index in [2.05, 4.69) is 29.4 Å². The highest BCUT2D eigenvalue weighted by atomic mass is 32.2. The molecule has 0 radical (unpaired) electrons. The first-order chi connectivity index (χ1) is 13.4. The van der Waals surface area contributed by atoms with Gasteiger partial charge in [-0.15, -0.1) is 11.8 Å². The molecule has 0 atom stereocenters. The summed E-state index contributed by atoms with van der Waals surface area (Å²) in [7, 11) is 0. The minimum atomic E-state index is -0.654. The molecule has 0 aromatic heterocycles. The molecule has 0 spiro atoms. The van der Waals surface area contributed by atoms with Crippen LogP contribution in [-0.2, 0) is 9.59 Å². The van der Waals surface area contributed by atoms with E-state index < -0.39 is 11.9 Å². The fourth-order valence-electron chi connectivity index (χ4n) is 2.28. The lowest BCUT2D eigenvalue weighted by atomic mass is 10.2. The molecular formula is C19H28N4O4S. The number of hydrogen-bond acceptors (Lipinski definition) is 6. The van der Waals surface area contributed by atoms with E-state index in [0.29, 0.717) is 11.3 Å². The van der Waals surface area contributed by atoms with Crippen LogP contribution in [0.15, 0.2) is 29.2 Å². The Morgan fingerprint density at radius 1 is 1.18 bits per heavy atom. The molecule has 8 nitrogen and oxygen atoms in total. The van der Waals surface area contributed by atoms with Gasteiger partial charge in [0.2, 0.25) is 5.91 Å². The van der Waals surface area contributed by atoms with Crippen molar-refractivity contribution in [3.63, 3.8) is 0 Å². The molecule has 0 saturated carbocycles. The van der Waals surface area contributed by atoms with Crippen molar-refractivity contribution < 1.29 is 19.6 Å². The molecule has 9 heteroatoms. The van der Waals surface area contributed by atoms with E-state index in [1.54, 1.807) is 30.8 Å². The smallest absolute Gasteiger partial charge is 0.307 e. The zero-order chi connectivity index (χ0) is 20.9. The number of hydroxylamine groups is 1. The molecule has 0 aliphatic heterocycles. The number of nitrogens with zero attached hydrogens (tertiary/aromatic N) is 1. The van der Waals surface area contributed by atoms with Gasteiger partial charge < -0.3 is 10.2 Å². The minimum absolute atomic E-state index is 0.206. The maximum atomic E-state index is 12.1. The van der Waals surface area contributed by atoms with Crippen molar-refractivity contribution in [2.75, 3.05) is 30.7 Å². The maximum Gasteiger partial charge on any atom is 0.325 e. The maximum absolute atomic E-state index is 12.1. The molecule has 0 bridgehead atoms. The number of benzene rings is 1. The van der Waals surface area contributed by atoms with Gasteiger partial charge in [-0.2, -0.15) is 0 Å². The monoisotopic (exact) mass is 408 g/mol. The summed E-state index contributed by atoms with van der Waals surface area (Å²) in [6, 6.07) is 4.75. The number of imide groups is 1. The second-order valence-electron chi connectivity index (χ2n) is 5.80. The van der Waals surface area contributed by atoms with E-state index in [1.165, 1.54) is 17.6 Å². The van der Waals surface area contributed by atoms with Gasteiger partial charge in [0.05, 0.1) is 5.69 Å². The summed E-state index contributed by atoms with van der Waals surface area (Å²) < 4.78 is 0. The first-order valence-electron chi connectivity index (χ1n) is 9.15. The van der Waals surface area contributed by atoms with E-state index in [1.807, 2.05) is 6.07 Å². The number of anilines is 1. The predicted molar refractivity (Wildman–Crippen MR) is 111 cm³/mol. The first-order valence-corrected chi connectivity index (χ1v) is 10.1. The number of carbonyl (C=O) groups is 3. The van der Waals surface area contributed by atoms with Gasteiger partial charge in [0.25, 0.3) is 5.91 Å². The first kappa shape index (κ1) is 23.7. The Labute approximate surface area is 169 Å². The fourth-order valence-corrected chi connectivity index (χ4v) is 3.28. The van der Waals surface area contributed by atoms with Gasteiger partial charge in [-0.25, -0.2) is 10.3 Å². The summed E-state index contributed by atoms with van der Waals surface area (Å²) in [5, 5.41) is 13.5. The summed E-state index contributed by atoms with van der Waals surface area (Å²) in [6.07, 6.45) is 2.89. The van der Waals surface area contributed by atoms with Crippen molar-refractivity contribution in [1.29, 1.82) is 0 Å². The van der Waals surface area contributed by atoms with Gasteiger partial charge in [-0.05, 0) is 36.9 Å². The van der Waals surface area contributed by atoms with Crippen molar-refractivity contribution >= 4 is 41.4 Å². The van der Waals surface area contributed by atoms with Crippen LogP contribution < -0.4 is 16.1 Å². The molecular weight excluding hydrogens is 380 g/mol. The van der Waals surface area contributed by atoms with Crippen molar-refractivity contribution in [1.82, 2.24) is 15.7 Å². The van der Waals surface area contributed by atoms with Crippen LogP contribution in [0.3, 0.4) is 0 Å². The van der Waals surface area contributed by atoms with E-state index in [-0.39, 0.29) is 12.3 Å². The number of hydrogen-bond donors (Lipinski definition) is 4. The van der Waals surface area contributed by atoms with E-state index >= 15 is 0 Å². The molecule has 1 aromatic rings. The number of rotatable bonds is 10. The molecule has 28 heavy (non-hydrogen) atoms. The highest BCUT2D eigenvalue weighted by Crippen LogP contribution is 2.29. The third kappa shape index (κ3) is 8.55. The van der Waals surface area contributed by atoms with Crippen LogP contribution in [0.25, 0.3) is 6.08 Å². The molecule has 0 saturated heterocycles. The van der Waals surface area contributed by atoms with Crippen molar-refractivity contribution in [2.24, 2.45) is 0 Å². The average molecular weight is 409 g/mol. The van der Waals surface area contributed by atoms with E-state index in [9.17, 15) is 14.4 Å². The standard InChI is InChI=1S/C19H28N4O4S/c1-4-17(24)21-19(26)20-15-13-14(8-10-18(25)22-27)7-9-16(15)28-12-11-23(5-2)6-3/h7-10,13,27H,4-6,11-12H2,1-3H3,(H,22,25)(H2,20,21,24,26)/b10-8+. The van der Waals surface area contributed by atoms with Crippen LogP contribution in [0, 0.1) is 0 Å². The van der Waals surface area contributed by atoms with Crippen molar-refractivity contribution in [2.45, 2.75) is 32.1 Å². The van der Waals surface area contributed by atoms with Crippen LogP contribution in [0.2, 0.25) is 0 Å². The van der Waals surface area contributed by atoms with Crippen molar-refractivity contribution in [3.05, 3.63) is 29.8 Å². The predicted octanol–water partition coefficient (Wildman–Crippen LogP) is 2.70. The minimum Gasteiger partial charge on any atom is -0.307 e. The normalized spacial score (nSPS) is 10.9. The molecule has 0 unspecified atom stereocenters. The Morgan fingerprint density at radius 3 is 2.50 bits per heavy atom. The lowest BCUT2D eigenvalue weighted by Crippen LogP contribution is -2.33. The summed E-state index contributed by atoms with van der Waals surface area (Å²) in [6.45, 7) is 8.74. The molecule has 0 fully saturated rings. The van der Waals surface area contributed by atoms with Gasteiger partial charge in [-0.1, -0.05) is 26.8 Å². The zero-order valence-corrected chi connectivity index (χ0v) is 17.3. The highest BCUT2D eigenvalue weighted by molar-refractivity contribution is 7.99. The third-order valence-corrected chi connectivity index (χ3v) is 4.98. The van der Waals surface area contributed by atoms with Gasteiger partial charge >= 0.3 is 6.03 Å². The number of nitrogens with one attached hydrogen (secondary N) is 3. The van der Waals surface area contributed by atoms with Crippen LogP contribution in [0.1, 0.15) is 32.8 Å². The Morgan fingerprint density at radius 2 is 1.89 bits per heavy atom. The topological polar surface area (TPSA) is 111 Å². The molecule has 0 aliphatic rings. The highest BCUT2D eigenvalue weighted by Gasteiger charge is 2.11. The van der Waals surface area contributed by atoms with Gasteiger partial charge in [-0.3, -0.25) is 20.1 Å². The Kier molecular flexibility index (Phi) is 10.9. The van der Waals surface area contributed by atoms with Crippen LogP contribution in [0.5, 0.6) is 0 Å². The van der Waals surface area contributed by atoms with Gasteiger partial charge in [0.1, 0.15) is 0 Å². The number of urea groups is 1. The third-order valence-electron chi connectivity index (χ3n) is 3.92. The van der Waals surface area contributed by atoms with Gasteiger partial charge in [0.15, 0.2) is 0 Å². The fraction of sp³-hybridized carbons (Fsp3) is 0.421. The van der Waals surface area contributed by atoms with E-state index in [0.717, 1.165) is 30.3 Å². The largest absolute Gasteiger partial charge is 0.325 e. The molecule has 1 aromatic carbocycles. The van der Waals surface area contributed by atoms with Crippen molar-refractivity contribution in [3.8, 4) is 0 Å². The summed E-state index contributed by atoms with van der Waals surface area (Å²) in [5.41, 5.74) is 2.72. The number of thioether (sulfide) groups is 1. The zero-order valence-electron chi connectivity index (χ0n) is 16.4. The molecule has 4 N–H and O–H groups in total. The van der Waals surface area contributed by atoms with Crippen LogP contribution >= 0.6 is 11.8 Å². The number of amides is 4. The lowest BCUT2D eigenvalue weighted by molar-refractivity contribution is -0.124. The van der Waals surface area contributed by atoms with Gasteiger partial charge in [0, 0.05) is 29.7 Å². The van der Waals surface area contributed by atoms with E-state index in [4.69, 9.17) is 5.21 Å². The summed E-state index contributed by atoms with van der Waals surface area (Å²) >= 11 is 1.60. The lowest BCUT2D eigenvalue weighted by Gasteiger charge is -2.18. The SMILES string of the molecule is CCC(=O)NC(=O)Nc1cc(/C=C/C(=O)NO)ccc1SCCN(CC)CC. The molecule has 0 aliphatic carbocycles. The second-order valence-corrected chi connectivity index (χ2v) is 6.93. The van der Waals surface area contributed by atoms with Crippen LogP contribution in [-0.4, -0.2) is 53.3 Å². The molecule has 4 amide bonds. The second kappa shape index (κ2) is 12.9. The Bertz CT molecular complexity index is 705. The summed E-state index contributed by atoms with van der Waals surface area (Å²) in [5.74, 6) is -0.184. The molecule has 0 heterocycles. The summed E-state index contributed by atoms with van der Waals surface area (Å²) in [4.78, 5) is 37.8. The average Bonchev–Trinajstić information content (AvgIpc) is 2.70.